The fourth-order valence-corrected chi connectivity index (χ4v) is 2.64. The van der Waals surface area contributed by atoms with E-state index in [0.29, 0.717) is 6.04 Å². The van der Waals surface area contributed by atoms with E-state index in [1.54, 1.807) is 4.90 Å². The van der Waals surface area contributed by atoms with Gasteiger partial charge in [-0.25, -0.2) is 4.79 Å². The number of ether oxygens (including phenoxy) is 1. The molecule has 1 aromatic rings. The van der Waals surface area contributed by atoms with Gasteiger partial charge in [-0.05, 0) is 55.6 Å². The van der Waals surface area contributed by atoms with Crippen molar-refractivity contribution in [2.24, 2.45) is 0 Å². The third-order valence-corrected chi connectivity index (χ3v) is 3.69. The molecular formula is C14H21BrN2O2. The molecule has 0 bridgehead atoms. The van der Waals surface area contributed by atoms with Gasteiger partial charge in [-0.3, -0.25) is 0 Å². The molecule has 0 aliphatic carbocycles. The maximum Gasteiger partial charge on any atom is 0.410 e. The van der Waals surface area contributed by atoms with Crippen LogP contribution in [0, 0.1) is 0 Å². The van der Waals surface area contributed by atoms with Crippen molar-refractivity contribution >= 4 is 22.0 Å². The molecule has 0 N–H and O–H groups in total. The van der Waals surface area contributed by atoms with E-state index in [2.05, 4.69) is 32.9 Å². The summed E-state index contributed by atoms with van der Waals surface area (Å²) in [5.41, 5.74) is -0.417. The Morgan fingerprint density at radius 1 is 1.37 bits per heavy atom. The van der Waals surface area contributed by atoms with E-state index in [9.17, 15) is 4.79 Å². The minimum atomic E-state index is -0.417. The summed E-state index contributed by atoms with van der Waals surface area (Å²) in [4.78, 5) is 13.8. The van der Waals surface area contributed by atoms with Crippen LogP contribution in [0.1, 0.15) is 39.7 Å². The number of nitrogens with zero attached hydrogens (tertiary/aromatic N) is 2. The van der Waals surface area contributed by atoms with E-state index in [-0.39, 0.29) is 6.09 Å². The Morgan fingerprint density at radius 2 is 2.00 bits per heavy atom. The Kier molecular flexibility index (Phi) is 4.23. The summed E-state index contributed by atoms with van der Waals surface area (Å²) in [5.74, 6) is 0. The first-order valence-corrected chi connectivity index (χ1v) is 7.45. The number of rotatable bonds is 1. The van der Waals surface area contributed by atoms with Gasteiger partial charge in [-0.2, -0.15) is 0 Å². The molecule has 0 unspecified atom stereocenters. The Balaban J connectivity index is 1.87. The molecule has 2 rings (SSSR count). The lowest BCUT2D eigenvalue weighted by Crippen LogP contribution is -2.42. The van der Waals surface area contributed by atoms with Gasteiger partial charge in [0.2, 0.25) is 0 Å². The van der Waals surface area contributed by atoms with Crippen molar-refractivity contribution in [2.45, 2.75) is 45.3 Å². The minimum absolute atomic E-state index is 0.195. The Labute approximate surface area is 122 Å². The number of amides is 1. The van der Waals surface area contributed by atoms with E-state index in [1.807, 2.05) is 26.8 Å². The molecule has 106 valence electrons. The molecule has 2 heterocycles. The number of carbonyl (C=O) groups excluding carboxylic acids is 1. The molecule has 1 aromatic heterocycles. The van der Waals surface area contributed by atoms with Crippen molar-refractivity contribution in [2.75, 3.05) is 13.1 Å². The normalized spacial score (nSPS) is 17.6. The van der Waals surface area contributed by atoms with Gasteiger partial charge >= 0.3 is 6.09 Å². The quantitative estimate of drug-likeness (QED) is 0.785. The van der Waals surface area contributed by atoms with Crippen molar-refractivity contribution in [3.8, 4) is 0 Å². The highest BCUT2D eigenvalue weighted by molar-refractivity contribution is 9.10. The van der Waals surface area contributed by atoms with Gasteiger partial charge < -0.3 is 14.2 Å². The van der Waals surface area contributed by atoms with Crippen LogP contribution in [0.4, 0.5) is 4.79 Å². The maximum atomic E-state index is 12.0. The first-order chi connectivity index (χ1) is 8.85. The second-order valence-electron chi connectivity index (χ2n) is 5.98. The Morgan fingerprint density at radius 3 is 2.47 bits per heavy atom. The van der Waals surface area contributed by atoms with Crippen LogP contribution in [0.5, 0.6) is 0 Å². The number of hydrogen-bond donors (Lipinski definition) is 0. The van der Waals surface area contributed by atoms with Crippen LogP contribution in [0.25, 0.3) is 0 Å². The predicted molar refractivity (Wildman–Crippen MR) is 78.2 cm³/mol. The number of aromatic nitrogens is 1. The topological polar surface area (TPSA) is 34.5 Å². The molecular weight excluding hydrogens is 308 g/mol. The zero-order valence-corrected chi connectivity index (χ0v) is 13.3. The smallest absolute Gasteiger partial charge is 0.410 e. The maximum absolute atomic E-state index is 12.0. The van der Waals surface area contributed by atoms with Crippen LogP contribution >= 0.6 is 15.9 Å². The first-order valence-electron chi connectivity index (χ1n) is 6.66. The summed E-state index contributed by atoms with van der Waals surface area (Å²) < 4.78 is 8.71. The fourth-order valence-electron chi connectivity index (χ4n) is 2.29. The van der Waals surface area contributed by atoms with Gasteiger partial charge in [-0.1, -0.05) is 0 Å². The monoisotopic (exact) mass is 328 g/mol. The lowest BCUT2D eigenvalue weighted by Gasteiger charge is -2.34. The minimum Gasteiger partial charge on any atom is -0.444 e. The second kappa shape index (κ2) is 5.57. The Bertz CT molecular complexity index is 443. The van der Waals surface area contributed by atoms with Crippen LogP contribution < -0.4 is 0 Å². The van der Waals surface area contributed by atoms with Crippen LogP contribution in [0.2, 0.25) is 0 Å². The van der Waals surface area contributed by atoms with Crippen molar-refractivity contribution in [3.63, 3.8) is 0 Å². The van der Waals surface area contributed by atoms with Gasteiger partial charge in [0.15, 0.2) is 0 Å². The third-order valence-electron chi connectivity index (χ3n) is 3.22. The number of likely N-dealkylation sites (tertiary alicyclic amines) is 1. The summed E-state index contributed by atoms with van der Waals surface area (Å²) in [6.07, 6.45) is 5.92. The Hall–Kier alpha value is -0.970. The lowest BCUT2D eigenvalue weighted by atomic mass is 10.1. The summed E-state index contributed by atoms with van der Waals surface area (Å²) in [6.45, 7) is 7.21. The average molecular weight is 329 g/mol. The highest BCUT2D eigenvalue weighted by Gasteiger charge is 2.27. The van der Waals surface area contributed by atoms with Crippen molar-refractivity contribution in [3.05, 3.63) is 22.9 Å². The van der Waals surface area contributed by atoms with Crippen molar-refractivity contribution < 1.29 is 9.53 Å². The van der Waals surface area contributed by atoms with E-state index < -0.39 is 5.60 Å². The third kappa shape index (κ3) is 4.00. The molecule has 1 amide bonds. The average Bonchev–Trinajstić information content (AvgIpc) is 2.74. The van der Waals surface area contributed by atoms with Crippen LogP contribution in [-0.4, -0.2) is 34.3 Å². The summed E-state index contributed by atoms with van der Waals surface area (Å²) in [6, 6.07) is 2.52. The van der Waals surface area contributed by atoms with Crippen LogP contribution in [0.15, 0.2) is 22.9 Å². The van der Waals surface area contributed by atoms with E-state index in [4.69, 9.17) is 4.74 Å². The molecule has 0 aromatic carbocycles. The standard InChI is InChI=1S/C14H21BrN2O2/c1-14(2,3)19-13(18)16-8-5-12(6-9-16)17-7-4-11(15)10-17/h4,7,10,12H,5-6,8-9H2,1-3H3. The molecule has 1 fully saturated rings. The van der Waals surface area contributed by atoms with Crippen LogP contribution in [-0.2, 0) is 4.74 Å². The van der Waals surface area contributed by atoms with Gasteiger partial charge in [0.1, 0.15) is 5.60 Å². The zero-order valence-electron chi connectivity index (χ0n) is 11.7. The molecule has 5 heteroatoms. The van der Waals surface area contributed by atoms with Crippen LogP contribution in [0.3, 0.4) is 0 Å². The fraction of sp³-hybridized carbons (Fsp3) is 0.643. The van der Waals surface area contributed by atoms with Gasteiger partial charge in [0, 0.05) is 36.0 Å². The molecule has 0 saturated carbocycles. The number of piperidine rings is 1. The zero-order chi connectivity index (χ0) is 14.0. The first kappa shape index (κ1) is 14.4. The molecule has 1 aliphatic heterocycles. The summed E-state index contributed by atoms with van der Waals surface area (Å²) >= 11 is 3.46. The summed E-state index contributed by atoms with van der Waals surface area (Å²) in [7, 11) is 0. The van der Waals surface area contributed by atoms with E-state index in [0.717, 1.165) is 30.4 Å². The van der Waals surface area contributed by atoms with Gasteiger partial charge in [0.05, 0.1) is 0 Å². The molecule has 19 heavy (non-hydrogen) atoms. The molecule has 4 nitrogen and oxygen atoms in total. The molecule has 1 aliphatic rings. The highest BCUT2D eigenvalue weighted by atomic mass is 79.9. The van der Waals surface area contributed by atoms with E-state index >= 15 is 0 Å². The SMILES string of the molecule is CC(C)(C)OC(=O)N1CCC(n2ccc(Br)c2)CC1. The largest absolute Gasteiger partial charge is 0.444 e. The molecule has 0 spiro atoms. The highest BCUT2D eigenvalue weighted by Crippen LogP contribution is 2.25. The summed E-state index contributed by atoms with van der Waals surface area (Å²) in [5, 5.41) is 0. The predicted octanol–water partition coefficient (Wildman–Crippen LogP) is 3.82. The van der Waals surface area contributed by atoms with Gasteiger partial charge in [0.25, 0.3) is 0 Å². The number of halogens is 1. The van der Waals surface area contributed by atoms with Crippen molar-refractivity contribution in [1.82, 2.24) is 9.47 Å². The number of carbonyl (C=O) groups is 1. The van der Waals surface area contributed by atoms with E-state index in [1.165, 1.54) is 0 Å². The second-order valence-corrected chi connectivity index (χ2v) is 6.89. The molecule has 0 atom stereocenters. The van der Waals surface area contributed by atoms with Gasteiger partial charge in [-0.15, -0.1) is 0 Å². The molecule has 1 saturated heterocycles. The van der Waals surface area contributed by atoms with Crippen molar-refractivity contribution in [1.29, 1.82) is 0 Å². The number of hydrogen-bond acceptors (Lipinski definition) is 2. The molecule has 0 radical (unpaired) electrons. The lowest BCUT2D eigenvalue weighted by molar-refractivity contribution is 0.0188.